The van der Waals surface area contributed by atoms with Crippen LogP contribution in [0.5, 0.6) is 0 Å². The van der Waals surface area contributed by atoms with Gasteiger partial charge in [0.25, 0.3) is 0 Å². The van der Waals surface area contributed by atoms with E-state index in [0.717, 1.165) is 37.0 Å². The predicted molar refractivity (Wildman–Crippen MR) is 82.7 cm³/mol. The highest BCUT2D eigenvalue weighted by Gasteiger charge is 2.23. The minimum atomic E-state index is -0.382. The Kier molecular flexibility index (Phi) is 3.92. The molecule has 1 aliphatic rings. The fourth-order valence-corrected chi connectivity index (χ4v) is 3.02. The van der Waals surface area contributed by atoms with E-state index in [0.29, 0.717) is 12.3 Å². The van der Waals surface area contributed by atoms with Gasteiger partial charge in [-0.3, -0.25) is 4.79 Å². The van der Waals surface area contributed by atoms with E-state index in [2.05, 4.69) is 0 Å². The van der Waals surface area contributed by atoms with E-state index in [4.69, 9.17) is 4.74 Å². The van der Waals surface area contributed by atoms with Gasteiger partial charge < -0.3 is 18.8 Å². The normalized spacial score (nSPS) is 14.7. The lowest BCUT2D eigenvalue weighted by atomic mass is 10.4. The molecule has 0 spiro atoms. The van der Waals surface area contributed by atoms with Crippen LogP contribution in [0.3, 0.4) is 0 Å². The summed E-state index contributed by atoms with van der Waals surface area (Å²) in [6.45, 7) is 3.90. The molecular weight excluding hydrogens is 282 g/mol. The van der Waals surface area contributed by atoms with Crippen molar-refractivity contribution >= 4 is 22.9 Å². The number of aryl methyl sites for hydroxylation is 1. The number of aromatic nitrogens is 2. The Balaban J connectivity index is 1.96. The molecule has 2 aromatic heterocycles. The third-order valence-corrected chi connectivity index (χ3v) is 4.19. The molecule has 0 aliphatic carbocycles. The van der Waals surface area contributed by atoms with Gasteiger partial charge in [0, 0.05) is 26.3 Å². The Morgan fingerprint density at radius 2 is 1.95 bits per heavy atom. The Labute approximate surface area is 129 Å². The van der Waals surface area contributed by atoms with Crippen LogP contribution < -0.4 is 0 Å². The number of carbonyl (C=O) groups excluding carboxylic acids is 2. The minimum absolute atomic E-state index is 0.0596. The summed E-state index contributed by atoms with van der Waals surface area (Å²) in [5.74, 6) is -0.322. The predicted octanol–water partition coefficient (Wildman–Crippen LogP) is 1.78. The van der Waals surface area contributed by atoms with E-state index in [1.54, 1.807) is 17.6 Å². The van der Waals surface area contributed by atoms with Crippen molar-refractivity contribution in [2.24, 2.45) is 7.05 Å². The molecule has 118 valence electrons. The maximum Gasteiger partial charge on any atom is 0.355 e. The molecule has 0 saturated carbocycles. The molecule has 0 aromatic carbocycles. The van der Waals surface area contributed by atoms with Crippen LogP contribution in [0.25, 0.3) is 11.0 Å². The zero-order valence-electron chi connectivity index (χ0n) is 13.0. The third-order valence-electron chi connectivity index (χ3n) is 4.19. The Morgan fingerprint density at radius 3 is 2.64 bits per heavy atom. The molecule has 1 aliphatic heterocycles. The molecule has 3 rings (SSSR count). The molecule has 1 saturated heterocycles. The molecule has 1 fully saturated rings. The number of hydrogen-bond acceptors (Lipinski definition) is 3. The number of amides is 1. The van der Waals surface area contributed by atoms with Gasteiger partial charge in [-0.15, -0.1) is 0 Å². The van der Waals surface area contributed by atoms with Crippen molar-refractivity contribution in [2.75, 3.05) is 19.7 Å². The van der Waals surface area contributed by atoms with Crippen LogP contribution in [-0.2, 0) is 23.1 Å². The van der Waals surface area contributed by atoms with Gasteiger partial charge in [0.2, 0.25) is 5.91 Å². The van der Waals surface area contributed by atoms with Crippen LogP contribution in [0.4, 0.5) is 0 Å². The monoisotopic (exact) mass is 303 g/mol. The molecule has 22 heavy (non-hydrogen) atoms. The van der Waals surface area contributed by atoms with Gasteiger partial charge in [-0.25, -0.2) is 4.79 Å². The van der Waals surface area contributed by atoms with E-state index in [9.17, 15) is 9.59 Å². The van der Waals surface area contributed by atoms with Crippen molar-refractivity contribution < 1.29 is 14.3 Å². The first-order chi connectivity index (χ1) is 10.6. The number of esters is 1. The largest absolute Gasteiger partial charge is 0.461 e. The molecule has 3 heterocycles. The van der Waals surface area contributed by atoms with Gasteiger partial charge >= 0.3 is 5.97 Å². The van der Waals surface area contributed by atoms with Gasteiger partial charge in [-0.2, -0.15) is 0 Å². The van der Waals surface area contributed by atoms with Gasteiger partial charge in [-0.05, 0) is 31.9 Å². The number of fused-ring (bicyclic) bond motifs is 1. The lowest BCUT2D eigenvalue weighted by Crippen LogP contribution is -2.31. The van der Waals surface area contributed by atoms with Crippen molar-refractivity contribution in [3.63, 3.8) is 0 Å². The zero-order chi connectivity index (χ0) is 15.7. The Bertz CT molecular complexity index is 708. The molecule has 6 heteroatoms. The number of rotatable bonds is 4. The summed E-state index contributed by atoms with van der Waals surface area (Å²) in [6.07, 6.45) is 4.04. The summed E-state index contributed by atoms with van der Waals surface area (Å²) in [7, 11) is 1.92. The molecule has 0 unspecified atom stereocenters. The first-order valence-corrected chi connectivity index (χ1v) is 7.71. The van der Waals surface area contributed by atoms with Gasteiger partial charge in [0.15, 0.2) is 0 Å². The van der Waals surface area contributed by atoms with Crippen molar-refractivity contribution in [2.45, 2.75) is 26.3 Å². The van der Waals surface area contributed by atoms with Gasteiger partial charge in [0.1, 0.15) is 12.2 Å². The fourth-order valence-electron chi connectivity index (χ4n) is 3.02. The molecule has 1 amide bonds. The number of hydrogen-bond donors (Lipinski definition) is 0. The third kappa shape index (κ3) is 2.49. The Hall–Kier alpha value is -2.24. The zero-order valence-corrected chi connectivity index (χ0v) is 13.0. The van der Waals surface area contributed by atoms with E-state index in [-0.39, 0.29) is 18.4 Å². The lowest BCUT2D eigenvalue weighted by Gasteiger charge is -2.17. The molecular formula is C16H21N3O3. The van der Waals surface area contributed by atoms with Crippen LogP contribution in [-0.4, -0.2) is 45.6 Å². The van der Waals surface area contributed by atoms with Crippen LogP contribution in [0.1, 0.15) is 30.3 Å². The summed E-state index contributed by atoms with van der Waals surface area (Å²) in [5, 5.41) is 0. The number of likely N-dealkylation sites (tertiary alicyclic amines) is 1. The second-order valence-electron chi connectivity index (χ2n) is 5.62. The van der Waals surface area contributed by atoms with E-state index >= 15 is 0 Å². The van der Waals surface area contributed by atoms with Crippen molar-refractivity contribution in [1.82, 2.24) is 14.0 Å². The van der Waals surface area contributed by atoms with Crippen molar-refractivity contribution in [3.05, 3.63) is 24.0 Å². The highest BCUT2D eigenvalue weighted by Crippen LogP contribution is 2.22. The van der Waals surface area contributed by atoms with Crippen LogP contribution in [0.2, 0.25) is 0 Å². The SMILES string of the molecule is CCOC(=O)c1cc2c(ccn2C)n1CC(=O)N1CCCC1. The van der Waals surface area contributed by atoms with E-state index < -0.39 is 0 Å². The maximum atomic E-state index is 12.4. The molecule has 0 atom stereocenters. The van der Waals surface area contributed by atoms with Crippen LogP contribution >= 0.6 is 0 Å². The summed E-state index contributed by atoms with van der Waals surface area (Å²) in [6, 6.07) is 3.72. The summed E-state index contributed by atoms with van der Waals surface area (Å²) in [5.41, 5.74) is 2.26. The summed E-state index contributed by atoms with van der Waals surface area (Å²) >= 11 is 0. The van der Waals surface area contributed by atoms with Crippen LogP contribution in [0, 0.1) is 0 Å². The highest BCUT2D eigenvalue weighted by molar-refractivity contribution is 5.96. The minimum Gasteiger partial charge on any atom is -0.461 e. The van der Waals surface area contributed by atoms with E-state index in [1.807, 2.05) is 28.8 Å². The maximum absolute atomic E-state index is 12.4. The molecule has 2 aromatic rings. The molecule has 0 bridgehead atoms. The topological polar surface area (TPSA) is 56.5 Å². The fraction of sp³-hybridized carbons (Fsp3) is 0.500. The first kappa shape index (κ1) is 14.7. The Morgan fingerprint density at radius 1 is 1.23 bits per heavy atom. The molecule has 6 nitrogen and oxygen atoms in total. The smallest absolute Gasteiger partial charge is 0.355 e. The van der Waals surface area contributed by atoms with Gasteiger partial charge in [0.05, 0.1) is 17.6 Å². The standard InChI is InChI=1S/C16H21N3O3/c1-3-22-16(21)14-10-13-12(6-9-17(13)2)19(14)11-15(20)18-7-4-5-8-18/h6,9-10H,3-5,7-8,11H2,1-2H3. The molecule has 0 radical (unpaired) electrons. The number of carbonyl (C=O) groups is 2. The lowest BCUT2D eigenvalue weighted by molar-refractivity contribution is -0.130. The second-order valence-corrected chi connectivity index (χ2v) is 5.62. The number of nitrogens with zero attached hydrogens (tertiary/aromatic N) is 3. The quantitative estimate of drug-likeness (QED) is 0.809. The van der Waals surface area contributed by atoms with Crippen LogP contribution in [0.15, 0.2) is 18.3 Å². The highest BCUT2D eigenvalue weighted by atomic mass is 16.5. The van der Waals surface area contributed by atoms with Gasteiger partial charge in [-0.1, -0.05) is 0 Å². The summed E-state index contributed by atoms with van der Waals surface area (Å²) < 4.78 is 8.83. The summed E-state index contributed by atoms with van der Waals surface area (Å²) in [4.78, 5) is 26.5. The number of ether oxygens (including phenoxy) is 1. The van der Waals surface area contributed by atoms with Crippen molar-refractivity contribution in [3.8, 4) is 0 Å². The average Bonchev–Trinajstić information content (AvgIpc) is 3.19. The van der Waals surface area contributed by atoms with E-state index in [1.165, 1.54) is 0 Å². The first-order valence-electron chi connectivity index (χ1n) is 7.71. The molecule has 0 N–H and O–H groups in total. The second kappa shape index (κ2) is 5.87. The average molecular weight is 303 g/mol. The van der Waals surface area contributed by atoms with Crippen molar-refractivity contribution in [1.29, 1.82) is 0 Å².